The lowest BCUT2D eigenvalue weighted by Crippen LogP contribution is -2.23. The summed E-state index contributed by atoms with van der Waals surface area (Å²) in [6, 6.07) is 0. The lowest BCUT2D eigenvalue weighted by Gasteiger charge is -2.23. The van der Waals surface area contributed by atoms with Gasteiger partial charge in [-0.15, -0.1) is 11.8 Å². The van der Waals surface area contributed by atoms with Crippen LogP contribution in [0.15, 0.2) is 0 Å². The van der Waals surface area contributed by atoms with E-state index in [0.717, 1.165) is 18.6 Å². The summed E-state index contributed by atoms with van der Waals surface area (Å²) in [6.45, 7) is 6.48. The van der Waals surface area contributed by atoms with E-state index in [4.69, 9.17) is 0 Å². The van der Waals surface area contributed by atoms with Crippen LogP contribution in [0, 0.1) is 0 Å². The number of hydrogen-bond acceptors (Lipinski definition) is 2. The molecule has 0 N–H and O–H groups in total. The van der Waals surface area contributed by atoms with E-state index in [9.17, 15) is 4.21 Å². The Hall–Kier alpha value is 0.500. The van der Waals surface area contributed by atoms with Crippen LogP contribution >= 0.6 is 11.8 Å². The second-order valence-electron chi connectivity index (χ2n) is 3.45. The molecular weight excluding hydrogens is 176 g/mol. The maximum atomic E-state index is 11.5. The molecule has 1 fully saturated rings. The lowest BCUT2D eigenvalue weighted by molar-refractivity contribution is 0.674. The highest BCUT2D eigenvalue weighted by Gasteiger charge is 2.37. The van der Waals surface area contributed by atoms with Crippen molar-refractivity contribution in [2.75, 3.05) is 5.75 Å². The smallest absolute Gasteiger partial charge is 0.0883 e. The quantitative estimate of drug-likeness (QED) is 0.668. The van der Waals surface area contributed by atoms with Gasteiger partial charge in [0.1, 0.15) is 0 Å². The van der Waals surface area contributed by atoms with Gasteiger partial charge in [0.15, 0.2) is 0 Å². The van der Waals surface area contributed by atoms with Crippen molar-refractivity contribution in [3.05, 3.63) is 0 Å². The van der Waals surface area contributed by atoms with Gasteiger partial charge in [0.2, 0.25) is 0 Å². The van der Waals surface area contributed by atoms with E-state index < -0.39 is 10.8 Å². The van der Waals surface area contributed by atoms with Gasteiger partial charge in [-0.3, -0.25) is 4.21 Å². The first-order valence-electron chi connectivity index (χ1n) is 4.11. The molecule has 0 radical (unpaired) electrons. The van der Waals surface area contributed by atoms with E-state index >= 15 is 0 Å². The Labute approximate surface area is 75.8 Å². The van der Waals surface area contributed by atoms with Crippen LogP contribution in [-0.2, 0) is 10.8 Å². The van der Waals surface area contributed by atoms with E-state index in [2.05, 4.69) is 20.8 Å². The fourth-order valence-electron chi connectivity index (χ4n) is 1.47. The zero-order valence-corrected chi connectivity index (χ0v) is 9.06. The Bertz CT molecular complexity index is 167. The van der Waals surface area contributed by atoms with Crippen LogP contribution < -0.4 is 0 Å². The molecule has 2 atom stereocenters. The number of hydrogen-bond donors (Lipinski definition) is 0. The molecule has 0 aliphatic carbocycles. The summed E-state index contributed by atoms with van der Waals surface area (Å²) in [5.74, 6) is 0.913. The van der Waals surface area contributed by atoms with E-state index in [1.165, 1.54) is 0 Å². The van der Waals surface area contributed by atoms with Crippen molar-refractivity contribution in [1.29, 1.82) is 0 Å². The molecule has 1 nitrogen and oxygen atoms in total. The van der Waals surface area contributed by atoms with Gasteiger partial charge in [-0.25, -0.2) is 0 Å². The van der Waals surface area contributed by atoms with Gasteiger partial charge in [-0.1, -0.05) is 13.8 Å². The standard InChI is InChI=1S/C8H16OS2/c1-7(2)10-8(3)5-4-6-11(8)9/h7H,4-6H2,1-3H3. The van der Waals surface area contributed by atoms with E-state index in [1.807, 2.05) is 11.8 Å². The minimum absolute atomic E-state index is 0.0637. The van der Waals surface area contributed by atoms with Crippen LogP contribution in [0.25, 0.3) is 0 Å². The van der Waals surface area contributed by atoms with Gasteiger partial charge in [0, 0.05) is 21.8 Å². The van der Waals surface area contributed by atoms with Gasteiger partial charge in [0.05, 0.1) is 4.08 Å². The van der Waals surface area contributed by atoms with E-state index in [1.54, 1.807) is 0 Å². The minimum Gasteiger partial charge on any atom is -0.258 e. The molecule has 0 aromatic carbocycles. The zero-order valence-electron chi connectivity index (χ0n) is 7.42. The molecule has 1 aliphatic heterocycles. The summed E-state index contributed by atoms with van der Waals surface area (Å²) >= 11 is 1.87. The normalized spacial score (nSPS) is 38.4. The van der Waals surface area contributed by atoms with Crippen molar-refractivity contribution in [3.8, 4) is 0 Å². The Balaban J connectivity index is 2.58. The van der Waals surface area contributed by atoms with Crippen molar-refractivity contribution in [2.45, 2.75) is 42.9 Å². The number of thioether (sulfide) groups is 1. The average molecular weight is 192 g/mol. The predicted octanol–water partition coefficient (Wildman–Crippen LogP) is 2.39. The van der Waals surface area contributed by atoms with Crippen LogP contribution in [-0.4, -0.2) is 19.3 Å². The molecule has 0 spiro atoms. The molecule has 1 rings (SSSR count). The zero-order chi connectivity index (χ0) is 8.48. The van der Waals surface area contributed by atoms with Gasteiger partial charge in [-0.2, -0.15) is 0 Å². The summed E-state index contributed by atoms with van der Waals surface area (Å²) in [7, 11) is -0.584. The van der Waals surface area contributed by atoms with E-state index in [0.29, 0.717) is 5.25 Å². The van der Waals surface area contributed by atoms with Crippen LogP contribution in [0.2, 0.25) is 0 Å². The van der Waals surface area contributed by atoms with Crippen molar-refractivity contribution in [3.63, 3.8) is 0 Å². The molecule has 0 aromatic rings. The molecule has 0 bridgehead atoms. The largest absolute Gasteiger partial charge is 0.258 e. The van der Waals surface area contributed by atoms with Crippen LogP contribution in [0.5, 0.6) is 0 Å². The third kappa shape index (κ3) is 2.22. The van der Waals surface area contributed by atoms with Crippen molar-refractivity contribution in [1.82, 2.24) is 0 Å². The van der Waals surface area contributed by atoms with Crippen LogP contribution in [0.4, 0.5) is 0 Å². The summed E-state index contributed by atoms with van der Waals surface area (Å²) in [5, 5.41) is 0.599. The third-order valence-corrected chi connectivity index (χ3v) is 5.77. The van der Waals surface area contributed by atoms with Gasteiger partial charge < -0.3 is 0 Å². The van der Waals surface area contributed by atoms with Gasteiger partial charge >= 0.3 is 0 Å². The lowest BCUT2D eigenvalue weighted by atomic mass is 10.3. The van der Waals surface area contributed by atoms with Crippen molar-refractivity contribution in [2.24, 2.45) is 0 Å². The van der Waals surface area contributed by atoms with Gasteiger partial charge in [0.25, 0.3) is 0 Å². The first kappa shape index (κ1) is 9.59. The SMILES string of the molecule is CC(C)SC1(C)CCCS1=O. The highest BCUT2D eigenvalue weighted by atomic mass is 32.2. The monoisotopic (exact) mass is 192 g/mol. The molecule has 0 saturated carbocycles. The van der Waals surface area contributed by atoms with Crippen molar-refractivity contribution >= 4 is 22.6 Å². The average Bonchev–Trinajstić information content (AvgIpc) is 2.11. The predicted molar refractivity (Wildman–Crippen MR) is 53.4 cm³/mol. The Morgan fingerprint density at radius 1 is 1.55 bits per heavy atom. The third-order valence-electron chi connectivity index (χ3n) is 1.93. The summed E-state index contributed by atoms with van der Waals surface area (Å²) in [5.41, 5.74) is 0. The Morgan fingerprint density at radius 2 is 2.18 bits per heavy atom. The summed E-state index contributed by atoms with van der Waals surface area (Å²) < 4.78 is 11.6. The molecule has 3 heteroatoms. The molecular formula is C8H16OS2. The van der Waals surface area contributed by atoms with Crippen LogP contribution in [0.1, 0.15) is 33.6 Å². The molecule has 1 heterocycles. The first-order valence-corrected chi connectivity index (χ1v) is 6.31. The molecule has 2 unspecified atom stereocenters. The first-order chi connectivity index (χ1) is 5.04. The second kappa shape index (κ2) is 3.48. The summed E-state index contributed by atoms with van der Waals surface area (Å²) in [6.07, 6.45) is 2.27. The van der Waals surface area contributed by atoms with Gasteiger partial charge in [-0.05, 0) is 19.8 Å². The Kier molecular flexibility index (Phi) is 3.03. The highest BCUT2D eigenvalue weighted by Crippen LogP contribution is 2.40. The van der Waals surface area contributed by atoms with E-state index in [-0.39, 0.29) is 4.08 Å². The minimum atomic E-state index is -0.584. The fourth-order valence-corrected chi connectivity index (χ4v) is 5.19. The molecule has 0 aromatic heterocycles. The second-order valence-corrected chi connectivity index (χ2v) is 7.79. The topological polar surface area (TPSA) is 17.1 Å². The molecule has 66 valence electrons. The molecule has 1 aliphatic rings. The summed E-state index contributed by atoms with van der Waals surface area (Å²) in [4.78, 5) is 0. The fraction of sp³-hybridized carbons (Fsp3) is 1.00. The van der Waals surface area contributed by atoms with Crippen LogP contribution in [0.3, 0.4) is 0 Å². The number of rotatable bonds is 2. The molecule has 11 heavy (non-hydrogen) atoms. The van der Waals surface area contributed by atoms with Crippen molar-refractivity contribution < 1.29 is 4.21 Å². The highest BCUT2D eigenvalue weighted by molar-refractivity contribution is 8.13. The molecule has 1 saturated heterocycles. The maximum Gasteiger partial charge on any atom is 0.0883 e. The maximum absolute atomic E-state index is 11.5. The Morgan fingerprint density at radius 3 is 2.55 bits per heavy atom. The molecule has 0 amide bonds.